The van der Waals surface area contributed by atoms with Crippen LogP contribution in [-0.2, 0) is 0 Å². The Hall–Kier alpha value is -0.570. The van der Waals surface area contributed by atoms with Gasteiger partial charge in [-0.25, -0.2) is 0 Å². The first-order chi connectivity index (χ1) is 6.88. The molecule has 3 heteroatoms. The largest absolute Gasteiger partial charge is 0.314 e. The minimum atomic E-state index is 0. The maximum atomic E-state index is 3.38. The Bertz CT molecular complexity index is 270. The quantitative estimate of drug-likeness (QED) is 0.831. The zero-order valence-corrected chi connectivity index (χ0v) is 9.96. The molecule has 1 N–H and O–H groups in total. The van der Waals surface area contributed by atoms with Crippen LogP contribution in [0.4, 0.5) is 0 Å². The first-order valence-electron chi connectivity index (χ1n) is 5.37. The van der Waals surface area contributed by atoms with E-state index < -0.39 is 0 Å². The summed E-state index contributed by atoms with van der Waals surface area (Å²) >= 11 is 0. The molecule has 0 amide bonds. The van der Waals surface area contributed by atoms with Gasteiger partial charge in [-0.1, -0.05) is 30.3 Å². The first-order valence-corrected chi connectivity index (χ1v) is 5.37. The smallest absolute Gasteiger partial charge is 0.0320 e. The number of halogens is 1. The average Bonchev–Trinajstić information content (AvgIpc) is 2.30. The summed E-state index contributed by atoms with van der Waals surface area (Å²) in [7, 11) is 0. The molecular weight excluding hydrogens is 208 g/mol. The van der Waals surface area contributed by atoms with Gasteiger partial charge in [-0.15, -0.1) is 12.4 Å². The molecule has 2 nitrogen and oxygen atoms in total. The van der Waals surface area contributed by atoms with Crippen molar-refractivity contribution in [2.45, 2.75) is 13.0 Å². The van der Waals surface area contributed by atoms with Crippen molar-refractivity contribution in [3.8, 4) is 0 Å². The van der Waals surface area contributed by atoms with Crippen LogP contribution in [0.2, 0.25) is 0 Å². The Labute approximate surface area is 98.1 Å². The highest BCUT2D eigenvalue weighted by atomic mass is 35.5. The molecule has 1 aliphatic heterocycles. The van der Waals surface area contributed by atoms with Crippen LogP contribution in [-0.4, -0.2) is 31.1 Å². The molecule has 84 valence electrons. The molecule has 1 heterocycles. The van der Waals surface area contributed by atoms with Gasteiger partial charge < -0.3 is 5.32 Å². The van der Waals surface area contributed by atoms with E-state index >= 15 is 0 Å². The maximum Gasteiger partial charge on any atom is 0.0320 e. The zero-order valence-electron chi connectivity index (χ0n) is 9.15. The molecule has 1 atom stereocenters. The van der Waals surface area contributed by atoms with E-state index in [-0.39, 0.29) is 12.4 Å². The van der Waals surface area contributed by atoms with Crippen LogP contribution < -0.4 is 5.32 Å². The summed E-state index contributed by atoms with van der Waals surface area (Å²) in [5.74, 6) is 0. The fourth-order valence-electron chi connectivity index (χ4n) is 2.01. The van der Waals surface area contributed by atoms with E-state index in [0.717, 1.165) is 26.2 Å². The second-order valence-electron chi connectivity index (χ2n) is 3.87. The van der Waals surface area contributed by atoms with Crippen molar-refractivity contribution in [3.05, 3.63) is 35.9 Å². The van der Waals surface area contributed by atoms with Gasteiger partial charge in [-0.2, -0.15) is 0 Å². The molecule has 1 saturated heterocycles. The standard InChI is InChI=1S/C12H18N2.ClH/c1-11(12-5-3-2-4-6-12)14-9-7-13-8-10-14;/h2-6,11,13H,7-10H2,1H3;1H/t11-;/m1./s1. The summed E-state index contributed by atoms with van der Waals surface area (Å²) in [5, 5.41) is 3.38. The van der Waals surface area contributed by atoms with E-state index in [2.05, 4.69) is 47.5 Å². The average molecular weight is 227 g/mol. The topological polar surface area (TPSA) is 15.3 Å². The third kappa shape index (κ3) is 3.20. The van der Waals surface area contributed by atoms with Gasteiger partial charge in [-0.3, -0.25) is 4.90 Å². The van der Waals surface area contributed by atoms with Crippen molar-refractivity contribution < 1.29 is 0 Å². The molecule has 1 aromatic rings. The van der Waals surface area contributed by atoms with Gasteiger partial charge in [0.05, 0.1) is 0 Å². The molecule has 0 saturated carbocycles. The van der Waals surface area contributed by atoms with Gasteiger partial charge in [0, 0.05) is 32.2 Å². The maximum absolute atomic E-state index is 3.38. The van der Waals surface area contributed by atoms with Crippen molar-refractivity contribution in [1.82, 2.24) is 10.2 Å². The lowest BCUT2D eigenvalue weighted by molar-refractivity contribution is 0.185. The summed E-state index contributed by atoms with van der Waals surface area (Å²) in [6, 6.07) is 11.3. The van der Waals surface area contributed by atoms with Crippen LogP contribution in [0.25, 0.3) is 0 Å². The Morgan fingerprint density at radius 1 is 1.13 bits per heavy atom. The lowest BCUT2D eigenvalue weighted by atomic mass is 10.1. The molecule has 0 spiro atoms. The highest BCUT2D eigenvalue weighted by Gasteiger charge is 2.16. The Morgan fingerprint density at radius 3 is 2.33 bits per heavy atom. The Kier molecular flexibility index (Phi) is 5.09. The zero-order chi connectivity index (χ0) is 9.80. The van der Waals surface area contributed by atoms with Crippen LogP contribution in [0, 0.1) is 0 Å². The summed E-state index contributed by atoms with van der Waals surface area (Å²) in [6.45, 7) is 6.86. The first kappa shape index (κ1) is 12.5. The summed E-state index contributed by atoms with van der Waals surface area (Å²) in [4.78, 5) is 2.53. The SMILES string of the molecule is C[C@H](c1ccccc1)N1CCNCC1.Cl. The summed E-state index contributed by atoms with van der Waals surface area (Å²) in [5.41, 5.74) is 1.43. The number of nitrogens with zero attached hydrogens (tertiary/aromatic N) is 1. The van der Waals surface area contributed by atoms with Gasteiger partial charge in [-0.05, 0) is 12.5 Å². The van der Waals surface area contributed by atoms with Crippen molar-refractivity contribution >= 4 is 12.4 Å². The normalized spacial score (nSPS) is 19.3. The van der Waals surface area contributed by atoms with E-state index in [1.165, 1.54) is 5.56 Å². The molecule has 1 aromatic carbocycles. The van der Waals surface area contributed by atoms with E-state index in [1.807, 2.05) is 0 Å². The van der Waals surface area contributed by atoms with Gasteiger partial charge in [0.1, 0.15) is 0 Å². The van der Waals surface area contributed by atoms with E-state index in [4.69, 9.17) is 0 Å². The number of piperazine rings is 1. The van der Waals surface area contributed by atoms with Crippen molar-refractivity contribution in [1.29, 1.82) is 0 Å². The number of rotatable bonds is 2. The van der Waals surface area contributed by atoms with Crippen LogP contribution in [0.15, 0.2) is 30.3 Å². The molecule has 2 rings (SSSR count). The second-order valence-corrected chi connectivity index (χ2v) is 3.87. The second kappa shape index (κ2) is 6.11. The third-order valence-electron chi connectivity index (χ3n) is 2.98. The molecule has 0 radical (unpaired) electrons. The van der Waals surface area contributed by atoms with Crippen molar-refractivity contribution in [3.63, 3.8) is 0 Å². The molecule has 0 aliphatic carbocycles. The molecule has 0 unspecified atom stereocenters. The lowest BCUT2D eigenvalue weighted by Gasteiger charge is -2.33. The van der Waals surface area contributed by atoms with Crippen molar-refractivity contribution in [2.24, 2.45) is 0 Å². The minimum absolute atomic E-state index is 0. The number of benzene rings is 1. The number of hydrogen-bond donors (Lipinski definition) is 1. The molecule has 0 aromatic heterocycles. The minimum Gasteiger partial charge on any atom is -0.314 e. The van der Waals surface area contributed by atoms with E-state index in [9.17, 15) is 0 Å². The predicted octanol–water partition coefficient (Wildman–Crippen LogP) is 2.07. The van der Waals surface area contributed by atoms with E-state index in [0.29, 0.717) is 6.04 Å². The fraction of sp³-hybridized carbons (Fsp3) is 0.500. The predicted molar refractivity (Wildman–Crippen MR) is 66.5 cm³/mol. The van der Waals surface area contributed by atoms with Crippen LogP contribution in [0.1, 0.15) is 18.5 Å². The van der Waals surface area contributed by atoms with Crippen LogP contribution >= 0.6 is 12.4 Å². The van der Waals surface area contributed by atoms with E-state index in [1.54, 1.807) is 0 Å². The Morgan fingerprint density at radius 2 is 1.73 bits per heavy atom. The summed E-state index contributed by atoms with van der Waals surface area (Å²) < 4.78 is 0. The molecule has 0 bridgehead atoms. The van der Waals surface area contributed by atoms with Gasteiger partial charge in [0.25, 0.3) is 0 Å². The molecule has 1 fully saturated rings. The third-order valence-corrected chi connectivity index (χ3v) is 2.98. The van der Waals surface area contributed by atoms with Gasteiger partial charge >= 0.3 is 0 Å². The fourth-order valence-corrected chi connectivity index (χ4v) is 2.01. The van der Waals surface area contributed by atoms with Crippen LogP contribution in [0.3, 0.4) is 0 Å². The van der Waals surface area contributed by atoms with Crippen LogP contribution in [0.5, 0.6) is 0 Å². The summed E-state index contributed by atoms with van der Waals surface area (Å²) in [6.07, 6.45) is 0. The van der Waals surface area contributed by atoms with Gasteiger partial charge in [0.2, 0.25) is 0 Å². The Balaban J connectivity index is 0.00000112. The lowest BCUT2D eigenvalue weighted by Crippen LogP contribution is -2.44. The molecule has 15 heavy (non-hydrogen) atoms. The van der Waals surface area contributed by atoms with Gasteiger partial charge in [0.15, 0.2) is 0 Å². The molecule has 1 aliphatic rings. The monoisotopic (exact) mass is 226 g/mol. The highest BCUT2D eigenvalue weighted by Crippen LogP contribution is 2.19. The van der Waals surface area contributed by atoms with Crippen molar-refractivity contribution in [2.75, 3.05) is 26.2 Å². The number of hydrogen-bond acceptors (Lipinski definition) is 2. The highest BCUT2D eigenvalue weighted by molar-refractivity contribution is 5.85. The molecular formula is C12H19ClN2. The number of nitrogens with one attached hydrogen (secondary N) is 1.